The minimum absolute atomic E-state index is 0.0729. The van der Waals surface area contributed by atoms with Crippen molar-refractivity contribution < 1.29 is 9.52 Å². The SMILES string of the molecule is CC(NCc1ccco1)C(O)c1ccc(Cl)cc1. The molecule has 96 valence electrons. The van der Waals surface area contributed by atoms with Crippen molar-refractivity contribution in [1.29, 1.82) is 0 Å². The first-order chi connectivity index (χ1) is 8.66. The van der Waals surface area contributed by atoms with Crippen molar-refractivity contribution in [3.8, 4) is 0 Å². The predicted molar refractivity (Wildman–Crippen MR) is 71.4 cm³/mol. The normalized spacial score (nSPS) is 14.4. The maximum absolute atomic E-state index is 10.2. The molecule has 2 atom stereocenters. The van der Waals surface area contributed by atoms with Gasteiger partial charge in [0.2, 0.25) is 0 Å². The molecule has 1 aromatic carbocycles. The first kappa shape index (κ1) is 13.1. The van der Waals surface area contributed by atoms with Crippen molar-refractivity contribution in [2.75, 3.05) is 0 Å². The lowest BCUT2D eigenvalue weighted by atomic mass is 10.0. The summed E-state index contributed by atoms with van der Waals surface area (Å²) in [6.07, 6.45) is 1.06. The van der Waals surface area contributed by atoms with Gasteiger partial charge < -0.3 is 14.8 Å². The summed E-state index contributed by atoms with van der Waals surface area (Å²) < 4.78 is 5.22. The highest BCUT2D eigenvalue weighted by Gasteiger charge is 2.15. The summed E-state index contributed by atoms with van der Waals surface area (Å²) in [5.74, 6) is 0.852. The van der Waals surface area contributed by atoms with Gasteiger partial charge in [0.1, 0.15) is 5.76 Å². The predicted octanol–water partition coefficient (Wildman–Crippen LogP) is 3.14. The Kier molecular flexibility index (Phi) is 4.42. The van der Waals surface area contributed by atoms with E-state index in [-0.39, 0.29) is 6.04 Å². The molecule has 18 heavy (non-hydrogen) atoms. The van der Waals surface area contributed by atoms with Crippen LogP contribution in [0.3, 0.4) is 0 Å². The Labute approximate surface area is 111 Å². The summed E-state index contributed by atoms with van der Waals surface area (Å²) in [6, 6.07) is 10.9. The summed E-state index contributed by atoms with van der Waals surface area (Å²) >= 11 is 5.81. The Morgan fingerprint density at radius 3 is 2.61 bits per heavy atom. The van der Waals surface area contributed by atoms with Crippen LogP contribution >= 0.6 is 11.6 Å². The number of hydrogen-bond donors (Lipinski definition) is 2. The van der Waals surface area contributed by atoms with Gasteiger partial charge in [-0.3, -0.25) is 0 Å². The number of benzene rings is 1. The van der Waals surface area contributed by atoms with Crippen molar-refractivity contribution in [3.63, 3.8) is 0 Å². The van der Waals surface area contributed by atoms with E-state index in [1.165, 1.54) is 0 Å². The standard InChI is InChI=1S/C14H16ClNO2/c1-10(16-9-13-3-2-8-18-13)14(17)11-4-6-12(15)7-5-11/h2-8,10,14,16-17H,9H2,1H3. The van der Waals surface area contributed by atoms with E-state index in [1.54, 1.807) is 18.4 Å². The zero-order chi connectivity index (χ0) is 13.0. The molecule has 0 saturated carbocycles. The van der Waals surface area contributed by atoms with Gasteiger partial charge in [-0.2, -0.15) is 0 Å². The minimum atomic E-state index is -0.572. The molecule has 0 aliphatic heterocycles. The second kappa shape index (κ2) is 6.05. The molecule has 0 spiro atoms. The number of rotatable bonds is 5. The third kappa shape index (κ3) is 3.35. The summed E-state index contributed by atoms with van der Waals surface area (Å²) in [5.41, 5.74) is 0.846. The Balaban J connectivity index is 1.91. The van der Waals surface area contributed by atoms with Crippen LogP contribution in [0.15, 0.2) is 47.1 Å². The van der Waals surface area contributed by atoms with E-state index in [0.29, 0.717) is 11.6 Å². The smallest absolute Gasteiger partial charge is 0.117 e. The molecule has 2 unspecified atom stereocenters. The number of hydrogen-bond acceptors (Lipinski definition) is 3. The minimum Gasteiger partial charge on any atom is -0.468 e. The molecule has 0 fully saturated rings. The lowest BCUT2D eigenvalue weighted by Crippen LogP contribution is -2.31. The van der Waals surface area contributed by atoms with Crippen LogP contribution in [0.4, 0.5) is 0 Å². The largest absolute Gasteiger partial charge is 0.468 e. The van der Waals surface area contributed by atoms with Gasteiger partial charge in [0.05, 0.1) is 18.9 Å². The molecule has 3 nitrogen and oxygen atoms in total. The topological polar surface area (TPSA) is 45.4 Å². The molecule has 1 heterocycles. The summed E-state index contributed by atoms with van der Waals surface area (Å²) in [7, 11) is 0. The fourth-order valence-electron chi connectivity index (χ4n) is 1.74. The maximum atomic E-state index is 10.2. The number of aliphatic hydroxyl groups is 1. The molecular weight excluding hydrogens is 250 g/mol. The first-order valence-corrected chi connectivity index (χ1v) is 6.24. The summed E-state index contributed by atoms with van der Waals surface area (Å²) in [4.78, 5) is 0. The van der Waals surface area contributed by atoms with E-state index >= 15 is 0 Å². The van der Waals surface area contributed by atoms with Gasteiger partial charge in [-0.15, -0.1) is 0 Å². The van der Waals surface area contributed by atoms with Crippen molar-refractivity contribution in [1.82, 2.24) is 5.32 Å². The Morgan fingerprint density at radius 1 is 1.28 bits per heavy atom. The molecule has 0 amide bonds. The maximum Gasteiger partial charge on any atom is 0.117 e. The van der Waals surface area contributed by atoms with E-state index in [1.807, 2.05) is 31.2 Å². The first-order valence-electron chi connectivity index (χ1n) is 5.86. The molecule has 4 heteroatoms. The molecule has 2 aromatic rings. The van der Waals surface area contributed by atoms with Crippen LogP contribution in [-0.4, -0.2) is 11.1 Å². The monoisotopic (exact) mass is 265 g/mol. The highest BCUT2D eigenvalue weighted by Crippen LogP contribution is 2.19. The van der Waals surface area contributed by atoms with E-state index in [9.17, 15) is 5.11 Å². The number of aliphatic hydroxyl groups excluding tert-OH is 1. The van der Waals surface area contributed by atoms with E-state index in [0.717, 1.165) is 11.3 Å². The quantitative estimate of drug-likeness (QED) is 0.873. The molecular formula is C14H16ClNO2. The third-order valence-corrected chi connectivity index (χ3v) is 3.12. The second-order valence-corrected chi connectivity index (χ2v) is 4.68. The van der Waals surface area contributed by atoms with Gasteiger partial charge in [-0.05, 0) is 36.8 Å². The third-order valence-electron chi connectivity index (χ3n) is 2.86. The van der Waals surface area contributed by atoms with Gasteiger partial charge in [-0.1, -0.05) is 23.7 Å². The number of halogens is 1. The van der Waals surface area contributed by atoms with Crippen LogP contribution < -0.4 is 5.32 Å². The van der Waals surface area contributed by atoms with Gasteiger partial charge in [0.15, 0.2) is 0 Å². The average Bonchev–Trinajstić information content (AvgIpc) is 2.89. The molecule has 0 saturated heterocycles. The fourth-order valence-corrected chi connectivity index (χ4v) is 1.86. The number of nitrogens with one attached hydrogen (secondary N) is 1. The molecule has 0 aliphatic rings. The Hall–Kier alpha value is -1.29. The van der Waals surface area contributed by atoms with Gasteiger partial charge in [0.25, 0.3) is 0 Å². The zero-order valence-corrected chi connectivity index (χ0v) is 10.9. The van der Waals surface area contributed by atoms with Crippen LogP contribution in [-0.2, 0) is 6.54 Å². The van der Waals surface area contributed by atoms with Crippen LogP contribution in [0.2, 0.25) is 5.02 Å². The summed E-state index contributed by atoms with van der Waals surface area (Å²) in [6.45, 7) is 2.53. The zero-order valence-electron chi connectivity index (χ0n) is 10.1. The molecule has 2 rings (SSSR count). The highest BCUT2D eigenvalue weighted by molar-refractivity contribution is 6.30. The Morgan fingerprint density at radius 2 is 2.00 bits per heavy atom. The van der Waals surface area contributed by atoms with Gasteiger partial charge in [0, 0.05) is 11.1 Å². The van der Waals surface area contributed by atoms with Crippen LogP contribution in [0.5, 0.6) is 0 Å². The molecule has 0 aliphatic carbocycles. The lowest BCUT2D eigenvalue weighted by Gasteiger charge is -2.20. The van der Waals surface area contributed by atoms with Crippen LogP contribution in [0.25, 0.3) is 0 Å². The van der Waals surface area contributed by atoms with Crippen molar-refractivity contribution in [2.24, 2.45) is 0 Å². The van der Waals surface area contributed by atoms with Crippen molar-refractivity contribution in [3.05, 3.63) is 59.0 Å². The molecule has 0 radical (unpaired) electrons. The number of furan rings is 1. The van der Waals surface area contributed by atoms with E-state index in [2.05, 4.69) is 5.32 Å². The van der Waals surface area contributed by atoms with Crippen LogP contribution in [0, 0.1) is 0 Å². The summed E-state index contributed by atoms with van der Waals surface area (Å²) in [5, 5.41) is 14.1. The lowest BCUT2D eigenvalue weighted by molar-refractivity contribution is 0.134. The molecule has 1 aromatic heterocycles. The molecule has 2 N–H and O–H groups in total. The van der Waals surface area contributed by atoms with E-state index in [4.69, 9.17) is 16.0 Å². The van der Waals surface area contributed by atoms with Crippen molar-refractivity contribution in [2.45, 2.75) is 25.6 Å². The van der Waals surface area contributed by atoms with Crippen molar-refractivity contribution >= 4 is 11.6 Å². The molecule has 0 bridgehead atoms. The van der Waals surface area contributed by atoms with Gasteiger partial charge in [-0.25, -0.2) is 0 Å². The average molecular weight is 266 g/mol. The Bertz CT molecular complexity index is 467. The fraction of sp³-hybridized carbons (Fsp3) is 0.286. The van der Waals surface area contributed by atoms with E-state index < -0.39 is 6.10 Å². The second-order valence-electron chi connectivity index (χ2n) is 4.25. The van der Waals surface area contributed by atoms with Crippen LogP contribution in [0.1, 0.15) is 24.4 Å². The highest BCUT2D eigenvalue weighted by atomic mass is 35.5. The van der Waals surface area contributed by atoms with Gasteiger partial charge >= 0.3 is 0 Å².